The van der Waals surface area contributed by atoms with E-state index >= 15 is 0 Å². The summed E-state index contributed by atoms with van der Waals surface area (Å²) >= 11 is 0. The maximum absolute atomic E-state index is 12.2. The van der Waals surface area contributed by atoms with E-state index in [1.165, 1.54) is 0 Å². The third-order valence-corrected chi connectivity index (χ3v) is 3.33. The summed E-state index contributed by atoms with van der Waals surface area (Å²) in [5.74, 6) is -0.333. The second-order valence-corrected chi connectivity index (χ2v) is 5.67. The van der Waals surface area contributed by atoms with Gasteiger partial charge in [-0.2, -0.15) is 0 Å². The highest BCUT2D eigenvalue weighted by atomic mass is 16.1. The van der Waals surface area contributed by atoms with Crippen molar-refractivity contribution in [1.29, 1.82) is 0 Å². The molecule has 1 rings (SSSR count). The molecule has 0 bridgehead atoms. The first-order valence-corrected chi connectivity index (χ1v) is 7.24. The van der Waals surface area contributed by atoms with Crippen LogP contribution in [0.15, 0.2) is 30.3 Å². The number of likely N-dealkylation sites (N-methyl/N-ethyl adjacent to an activating group) is 1. The quantitative estimate of drug-likeness (QED) is 0.760. The third kappa shape index (κ3) is 4.05. The van der Waals surface area contributed by atoms with Crippen molar-refractivity contribution < 1.29 is 4.79 Å². The molecule has 0 radical (unpaired) electrons. The van der Waals surface area contributed by atoms with Crippen molar-refractivity contribution >= 4 is 5.91 Å². The lowest BCUT2D eigenvalue weighted by atomic mass is 9.87. The first-order valence-electron chi connectivity index (χ1n) is 7.24. The van der Waals surface area contributed by atoms with E-state index in [0.29, 0.717) is 6.54 Å². The summed E-state index contributed by atoms with van der Waals surface area (Å²) in [6.45, 7) is 7.68. The maximum Gasteiger partial charge on any atom is 0.243 e. The van der Waals surface area contributed by atoms with Gasteiger partial charge in [-0.25, -0.2) is 0 Å². The summed E-state index contributed by atoms with van der Waals surface area (Å²) < 4.78 is 0. The van der Waals surface area contributed by atoms with Crippen molar-refractivity contribution in [2.75, 3.05) is 20.1 Å². The predicted molar refractivity (Wildman–Crippen MR) is 83.4 cm³/mol. The molecule has 20 heavy (non-hydrogen) atoms. The summed E-state index contributed by atoms with van der Waals surface area (Å²) in [4.78, 5) is 14.4. The minimum absolute atomic E-state index is 0.165. The standard InChI is InChI=1S/C16H27N3O/c1-5-11-19(4)12-16(15(17)20,18-13(2)3)14-9-7-6-8-10-14/h6-10,13,18H,5,11-12H2,1-4H3,(H2,17,20). The molecule has 0 spiro atoms. The van der Waals surface area contributed by atoms with Gasteiger partial charge in [0, 0.05) is 12.6 Å². The molecule has 112 valence electrons. The number of nitrogens with two attached hydrogens (primary N) is 1. The Balaban J connectivity index is 3.18. The van der Waals surface area contributed by atoms with Gasteiger partial charge in [-0.15, -0.1) is 0 Å². The van der Waals surface area contributed by atoms with Gasteiger partial charge in [-0.3, -0.25) is 10.1 Å². The fraction of sp³-hybridized carbons (Fsp3) is 0.562. The molecule has 0 saturated heterocycles. The molecule has 3 N–H and O–H groups in total. The van der Waals surface area contributed by atoms with Gasteiger partial charge in [0.1, 0.15) is 5.54 Å². The topological polar surface area (TPSA) is 58.4 Å². The minimum atomic E-state index is -0.848. The van der Waals surface area contributed by atoms with Gasteiger partial charge in [0.05, 0.1) is 0 Å². The molecule has 0 heterocycles. The SMILES string of the molecule is CCCN(C)CC(NC(C)C)(C(N)=O)c1ccccc1. The van der Waals surface area contributed by atoms with E-state index in [1.807, 2.05) is 51.2 Å². The normalized spacial score (nSPS) is 14.5. The van der Waals surface area contributed by atoms with Crippen molar-refractivity contribution in [2.24, 2.45) is 5.73 Å². The lowest BCUT2D eigenvalue weighted by Gasteiger charge is -2.37. The van der Waals surface area contributed by atoms with E-state index in [-0.39, 0.29) is 11.9 Å². The molecular weight excluding hydrogens is 250 g/mol. The summed E-state index contributed by atoms with van der Waals surface area (Å²) in [5, 5.41) is 3.38. The van der Waals surface area contributed by atoms with Crippen LogP contribution < -0.4 is 11.1 Å². The Morgan fingerprint density at radius 1 is 1.35 bits per heavy atom. The largest absolute Gasteiger partial charge is 0.368 e. The van der Waals surface area contributed by atoms with E-state index in [1.54, 1.807) is 0 Å². The molecule has 4 heteroatoms. The van der Waals surface area contributed by atoms with E-state index in [9.17, 15) is 4.79 Å². The molecule has 0 saturated carbocycles. The van der Waals surface area contributed by atoms with Crippen LogP contribution in [0.1, 0.15) is 32.8 Å². The zero-order chi connectivity index (χ0) is 15.2. The summed E-state index contributed by atoms with van der Waals surface area (Å²) in [7, 11) is 2.02. The van der Waals surface area contributed by atoms with Gasteiger partial charge in [0.2, 0.25) is 5.91 Å². The van der Waals surface area contributed by atoms with Crippen LogP contribution in [-0.4, -0.2) is 37.0 Å². The van der Waals surface area contributed by atoms with Crippen LogP contribution in [0.4, 0.5) is 0 Å². The first kappa shape index (κ1) is 16.7. The molecule has 1 aromatic carbocycles. The highest BCUT2D eigenvalue weighted by molar-refractivity contribution is 5.86. The van der Waals surface area contributed by atoms with Crippen LogP contribution in [0.3, 0.4) is 0 Å². The Morgan fingerprint density at radius 2 is 1.95 bits per heavy atom. The first-order chi connectivity index (χ1) is 9.42. The number of amides is 1. The number of nitrogens with one attached hydrogen (secondary N) is 1. The van der Waals surface area contributed by atoms with Crippen LogP contribution in [0.25, 0.3) is 0 Å². The van der Waals surface area contributed by atoms with E-state index < -0.39 is 5.54 Å². The van der Waals surface area contributed by atoms with Gasteiger partial charge in [-0.1, -0.05) is 37.3 Å². The maximum atomic E-state index is 12.2. The van der Waals surface area contributed by atoms with Crippen LogP contribution >= 0.6 is 0 Å². The highest BCUT2D eigenvalue weighted by Gasteiger charge is 2.39. The summed E-state index contributed by atoms with van der Waals surface area (Å²) in [5.41, 5.74) is 5.84. The van der Waals surface area contributed by atoms with Gasteiger partial charge < -0.3 is 10.6 Å². The van der Waals surface area contributed by atoms with Crippen molar-refractivity contribution in [1.82, 2.24) is 10.2 Å². The number of hydrogen-bond acceptors (Lipinski definition) is 3. The second-order valence-electron chi connectivity index (χ2n) is 5.67. The zero-order valence-corrected chi connectivity index (χ0v) is 13.0. The number of carbonyl (C=O) groups excluding carboxylic acids is 1. The lowest BCUT2D eigenvalue weighted by Crippen LogP contribution is -2.60. The Morgan fingerprint density at radius 3 is 2.40 bits per heavy atom. The van der Waals surface area contributed by atoms with Gasteiger partial charge in [0.25, 0.3) is 0 Å². The molecule has 0 fully saturated rings. The molecule has 0 aliphatic heterocycles. The predicted octanol–water partition coefficient (Wildman–Crippen LogP) is 1.71. The minimum Gasteiger partial charge on any atom is -0.368 e. The van der Waals surface area contributed by atoms with E-state index in [2.05, 4.69) is 17.1 Å². The van der Waals surface area contributed by atoms with Crippen LogP contribution in [0.5, 0.6) is 0 Å². The molecule has 0 aliphatic rings. The van der Waals surface area contributed by atoms with Crippen molar-refractivity contribution in [2.45, 2.75) is 38.8 Å². The number of primary amides is 1. The highest BCUT2D eigenvalue weighted by Crippen LogP contribution is 2.23. The van der Waals surface area contributed by atoms with Gasteiger partial charge >= 0.3 is 0 Å². The van der Waals surface area contributed by atoms with Crippen LogP contribution in [0, 0.1) is 0 Å². The Kier molecular flexibility index (Phi) is 6.17. The molecule has 0 aromatic heterocycles. The number of hydrogen-bond donors (Lipinski definition) is 2. The third-order valence-electron chi connectivity index (χ3n) is 3.33. The fourth-order valence-electron chi connectivity index (χ4n) is 2.59. The molecular formula is C16H27N3O. The molecule has 1 atom stereocenters. The molecule has 0 aliphatic carbocycles. The average molecular weight is 277 g/mol. The Labute approximate surface area is 122 Å². The van der Waals surface area contributed by atoms with E-state index in [0.717, 1.165) is 18.5 Å². The molecule has 1 amide bonds. The number of benzene rings is 1. The van der Waals surface area contributed by atoms with Gasteiger partial charge in [0.15, 0.2) is 0 Å². The van der Waals surface area contributed by atoms with Crippen molar-refractivity contribution in [3.8, 4) is 0 Å². The number of carbonyl (C=O) groups is 1. The smallest absolute Gasteiger partial charge is 0.243 e. The number of rotatable bonds is 8. The van der Waals surface area contributed by atoms with Crippen molar-refractivity contribution in [3.05, 3.63) is 35.9 Å². The zero-order valence-electron chi connectivity index (χ0n) is 13.0. The van der Waals surface area contributed by atoms with Crippen LogP contribution in [0.2, 0.25) is 0 Å². The Hall–Kier alpha value is -1.39. The molecule has 1 unspecified atom stereocenters. The summed E-state index contributed by atoms with van der Waals surface area (Å²) in [6.07, 6.45) is 1.04. The van der Waals surface area contributed by atoms with Gasteiger partial charge in [-0.05, 0) is 39.4 Å². The molecule has 4 nitrogen and oxygen atoms in total. The Bertz CT molecular complexity index is 419. The fourth-order valence-corrected chi connectivity index (χ4v) is 2.59. The summed E-state index contributed by atoms with van der Waals surface area (Å²) in [6, 6.07) is 9.90. The lowest BCUT2D eigenvalue weighted by molar-refractivity contribution is -0.126. The average Bonchev–Trinajstić information content (AvgIpc) is 2.38. The molecule has 1 aromatic rings. The monoisotopic (exact) mass is 277 g/mol. The van der Waals surface area contributed by atoms with E-state index in [4.69, 9.17) is 5.73 Å². The number of nitrogens with zero attached hydrogens (tertiary/aromatic N) is 1. The van der Waals surface area contributed by atoms with Crippen LogP contribution in [-0.2, 0) is 10.3 Å². The van der Waals surface area contributed by atoms with Crippen molar-refractivity contribution in [3.63, 3.8) is 0 Å². The second kappa shape index (κ2) is 7.41.